The number of non-ortho nitro benzene ring substituents is 1. The molecule has 0 N–H and O–H groups in total. The average Bonchev–Trinajstić information content (AvgIpc) is 1.94. The van der Waals surface area contributed by atoms with E-state index in [1.54, 1.807) is 0 Å². The van der Waals surface area contributed by atoms with Crippen LogP contribution in [-0.2, 0) is 0 Å². The SMILES string of the molecule is O=[N+]([O-])c1ccc([Si])c(Cl)c1. The predicted octanol–water partition coefficient (Wildman–Crippen LogP) is 1.04. The van der Waals surface area contributed by atoms with Crippen LogP contribution in [0, 0.1) is 10.1 Å². The highest BCUT2D eigenvalue weighted by molar-refractivity contribution is 6.45. The topological polar surface area (TPSA) is 43.1 Å². The van der Waals surface area contributed by atoms with E-state index < -0.39 is 4.92 Å². The Morgan fingerprint density at radius 1 is 1.55 bits per heavy atom. The summed E-state index contributed by atoms with van der Waals surface area (Å²) in [5.41, 5.74) is -0.00278. The molecule has 0 atom stereocenters. The number of benzene rings is 1. The summed E-state index contributed by atoms with van der Waals surface area (Å²) in [6.45, 7) is 0. The molecule has 5 heteroatoms. The van der Waals surface area contributed by atoms with Crippen LogP contribution in [0.15, 0.2) is 18.2 Å². The Morgan fingerprint density at radius 3 is 2.64 bits per heavy atom. The van der Waals surface area contributed by atoms with Crippen molar-refractivity contribution in [2.24, 2.45) is 0 Å². The molecule has 0 aromatic heterocycles. The number of nitro groups is 1. The lowest BCUT2D eigenvalue weighted by atomic mass is 10.3. The van der Waals surface area contributed by atoms with E-state index in [0.29, 0.717) is 10.2 Å². The third-order valence-electron chi connectivity index (χ3n) is 1.16. The van der Waals surface area contributed by atoms with Crippen molar-refractivity contribution in [2.75, 3.05) is 0 Å². The normalized spacial score (nSPS) is 9.64. The monoisotopic (exact) mass is 184 g/mol. The van der Waals surface area contributed by atoms with Gasteiger partial charge in [-0.15, -0.1) is 0 Å². The first-order valence-electron chi connectivity index (χ1n) is 2.77. The van der Waals surface area contributed by atoms with Crippen molar-refractivity contribution in [3.05, 3.63) is 33.3 Å². The minimum atomic E-state index is -0.489. The molecular weight excluding hydrogens is 182 g/mol. The molecule has 1 aromatic carbocycles. The summed E-state index contributed by atoms with van der Waals surface area (Å²) in [6.07, 6.45) is 0. The first kappa shape index (κ1) is 8.23. The fourth-order valence-corrected chi connectivity index (χ4v) is 0.948. The number of hydrogen-bond donors (Lipinski definition) is 0. The zero-order chi connectivity index (χ0) is 8.43. The fourth-order valence-electron chi connectivity index (χ4n) is 0.618. The molecule has 0 fully saturated rings. The molecule has 0 saturated heterocycles. The lowest BCUT2D eigenvalue weighted by molar-refractivity contribution is -0.384. The van der Waals surface area contributed by atoms with Gasteiger partial charge in [-0.1, -0.05) is 17.7 Å². The summed E-state index contributed by atoms with van der Waals surface area (Å²) in [4.78, 5) is 9.71. The minimum Gasteiger partial charge on any atom is -0.258 e. The van der Waals surface area contributed by atoms with Gasteiger partial charge in [0, 0.05) is 17.2 Å². The summed E-state index contributed by atoms with van der Waals surface area (Å²) in [5, 5.41) is 11.2. The Morgan fingerprint density at radius 2 is 2.18 bits per heavy atom. The number of nitro benzene ring substituents is 1. The second-order valence-corrected chi connectivity index (χ2v) is 2.87. The molecule has 3 nitrogen and oxygen atoms in total. The van der Waals surface area contributed by atoms with Crippen LogP contribution < -0.4 is 5.19 Å². The minimum absolute atomic E-state index is 0.00278. The molecule has 11 heavy (non-hydrogen) atoms. The Hall–Kier alpha value is -0.873. The smallest absolute Gasteiger partial charge is 0.258 e. The van der Waals surface area contributed by atoms with Crippen LogP contribution in [0.1, 0.15) is 0 Å². The molecule has 0 saturated carbocycles. The maximum atomic E-state index is 10.2. The van der Waals surface area contributed by atoms with Crippen LogP contribution in [-0.4, -0.2) is 15.2 Å². The third kappa shape index (κ3) is 1.78. The predicted molar refractivity (Wildman–Crippen MR) is 43.5 cm³/mol. The lowest BCUT2D eigenvalue weighted by Crippen LogP contribution is -2.03. The lowest BCUT2D eigenvalue weighted by Gasteiger charge is -1.95. The van der Waals surface area contributed by atoms with Gasteiger partial charge in [-0.05, 0) is 5.19 Å². The van der Waals surface area contributed by atoms with Gasteiger partial charge >= 0.3 is 0 Å². The molecule has 0 bridgehead atoms. The molecule has 0 amide bonds. The summed E-state index contributed by atoms with van der Waals surface area (Å²) in [6, 6.07) is 4.22. The fraction of sp³-hybridized carbons (Fsp3) is 0. The first-order chi connectivity index (χ1) is 5.11. The maximum Gasteiger partial charge on any atom is 0.270 e. The maximum absolute atomic E-state index is 10.2. The number of halogens is 1. The number of nitrogens with zero attached hydrogens (tertiary/aromatic N) is 1. The second kappa shape index (κ2) is 3.02. The number of hydrogen-bond acceptors (Lipinski definition) is 2. The third-order valence-corrected chi connectivity index (χ3v) is 2.07. The molecular formula is C6H3ClNO2Si. The van der Waals surface area contributed by atoms with Gasteiger partial charge in [0.05, 0.1) is 15.2 Å². The van der Waals surface area contributed by atoms with E-state index in [-0.39, 0.29) is 5.69 Å². The molecule has 0 aliphatic rings. The quantitative estimate of drug-likeness (QED) is 0.372. The molecule has 0 unspecified atom stereocenters. The van der Waals surface area contributed by atoms with Crippen LogP contribution in [0.4, 0.5) is 5.69 Å². The molecule has 1 aromatic rings. The Kier molecular flexibility index (Phi) is 2.26. The van der Waals surface area contributed by atoms with Gasteiger partial charge in [0.25, 0.3) is 5.69 Å². The van der Waals surface area contributed by atoms with Gasteiger partial charge in [0.1, 0.15) is 0 Å². The van der Waals surface area contributed by atoms with Gasteiger partial charge in [0.2, 0.25) is 0 Å². The van der Waals surface area contributed by atoms with Gasteiger partial charge in [0.15, 0.2) is 0 Å². The van der Waals surface area contributed by atoms with Crippen molar-refractivity contribution in [2.45, 2.75) is 0 Å². The summed E-state index contributed by atoms with van der Waals surface area (Å²) < 4.78 is 0. The highest BCUT2D eigenvalue weighted by atomic mass is 35.5. The van der Waals surface area contributed by atoms with Crippen LogP contribution in [0.5, 0.6) is 0 Å². The van der Waals surface area contributed by atoms with E-state index in [1.807, 2.05) is 0 Å². The van der Waals surface area contributed by atoms with E-state index >= 15 is 0 Å². The van der Waals surface area contributed by atoms with Crippen molar-refractivity contribution >= 4 is 32.7 Å². The van der Waals surface area contributed by atoms with Crippen molar-refractivity contribution in [3.8, 4) is 0 Å². The van der Waals surface area contributed by atoms with Crippen LogP contribution in [0.3, 0.4) is 0 Å². The Balaban J connectivity index is 3.15. The van der Waals surface area contributed by atoms with Crippen molar-refractivity contribution < 1.29 is 4.92 Å². The van der Waals surface area contributed by atoms with E-state index in [9.17, 15) is 10.1 Å². The molecule has 3 radical (unpaired) electrons. The summed E-state index contributed by atoms with van der Waals surface area (Å²) in [7, 11) is 3.17. The first-order valence-corrected chi connectivity index (χ1v) is 3.64. The zero-order valence-corrected chi connectivity index (χ0v) is 7.13. The summed E-state index contributed by atoms with van der Waals surface area (Å²) in [5.74, 6) is 0. The highest BCUT2D eigenvalue weighted by Gasteiger charge is 2.05. The van der Waals surface area contributed by atoms with Gasteiger partial charge < -0.3 is 0 Å². The van der Waals surface area contributed by atoms with E-state index in [0.717, 1.165) is 0 Å². The molecule has 0 aliphatic carbocycles. The van der Waals surface area contributed by atoms with Crippen LogP contribution in [0.25, 0.3) is 0 Å². The van der Waals surface area contributed by atoms with Gasteiger partial charge in [-0.2, -0.15) is 0 Å². The molecule has 55 valence electrons. The Labute approximate surface area is 71.6 Å². The van der Waals surface area contributed by atoms with E-state index in [1.165, 1.54) is 18.2 Å². The van der Waals surface area contributed by atoms with Crippen molar-refractivity contribution in [3.63, 3.8) is 0 Å². The molecule has 0 spiro atoms. The zero-order valence-electron chi connectivity index (χ0n) is 5.37. The standard InChI is InChI=1S/C6H3ClNO2Si/c7-5-3-4(8(9)10)1-2-6(5)11/h1-3H. The van der Waals surface area contributed by atoms with Gasteiger partial charge in [-0.25, -0.2) is 0 Å². The Bertz CT molecular complexity index is 303. The second-order valence-electron chi connectivity index (χ2n) is 1.92. The van der Waals surface area contributed by atoms with Crippen molar-refractivity contribution in [1.29, 1.82) is 0 Å². The largest absolute Gasteiger partial charge is 0.270 e. The van der Waals surface area contributed by atoms with Crippen molar-refractivity contribution in [1.82, 2.24) is 0 Å². The van der Waals surface area contributed by atoms with E-state index in [4.69, 9.17) is 11.6 Å². The number of rotatable bonds is 1. The highest BCUT2D eigenvalue weighted by Crippen LogP contribution is 2.14. The van der Waals surface area contributed by atoms with Crippen LogP contribution >= 0.6 is 11.6 Å². The van der Waals surface area contributed by atoms with Gasteiger partial charge in [-0.3, -0.25) is 10.1 Å². The summed E-state index contributed by atoms with van der Waals surface area (Å²) >= 11 is 5.60. The molecule has 0 aliphatic heterocycles. The average molecular weight is 185 g/mol. The molecule has 1 rings (SSSR count). The van der Waals surface area contributed by atoms with Crippen LogP contribution in [0.2, 0.25) is 5.02 Å². The van der Waals surface area contributed by atoms with E-state index in [2.05, 4.69) is 10.2 Å². The molecule has 0 heterocycles.